The van der Waals surface area contributed by atoms with E-state index in [-0.39, 0.29) is 12.0 Å². The maximum atomic E-state index is 12.4. The van der Waals surface area contributed by atoms with E-state index in [1.165, 1.54) is 0 Å². The SMILES string of the molecule is CN1C(=C(C#N)C(=O)CCC(=O)NCC(F)(F)F)N(C)c2ccccc21. The lowest BCUT2D eigenvalue weighted by atomic mass is 10.1. The minimum atomic E-state index is -4.51. The van der Waals surface area contributed by atoms with Crippen LogP contribution in [0.4, 0.5) is 24.5 Å². The van der Waals surface area contributed by atoms with E-state index < -0.39 is 30.8 Å². The average molecular weight is 366 g/mol. The van der Waals surface area contributed by atoms with Gasteiger partial charge in [0.25, 0.3) is 0 Å². The molecule has 6 nitrogen and oxygen atoms in total. The molecule has 0 spiro atoms. The largest absolute Gasteiger partial charge is 0.405 e. The molecule has 2 rings (SSSR count). The predicted octanol–water partition coefficient (Wildman–Crippen LogP) is 2.34. The molecule has 138 valence electrons. The smallest absolute Gasteiger partial charge is 0.347 e. The Bertz CT molecular complexity index is 765. The van der Waals surface area contributed by atoms with Gasteiger partial charge in [0.2, 0.25) is 5.91 Å². The average Bonchev–Trinajstić information content (AvgIpc) is 2.84. The molecule has 0 fully saturated rings. The van der Waals surface area contributed by atoms with Crippen molar-refractivity contribution in [3.8, 4) is 6.07 Å². The molecule has 0 saturated heterocycles. The fraction of sp³-hybridized carbons (Fsp3) is 0.353. The molecule has 0 unspecified atom stereocenters. The Balaban J connectivity index is 2.11. The summed E-state index contributed by atoms with van der Waals surface area (Å²) >= 11 is 0. The number of carbonyl (C=O) groups excluding carboxylic acids is 2. The van der Waals surface area contributed by atoms with E-state index >= 15 is 0 Å². The fourth-order valence-corrected chi connectivity index (χ4v) is 2.70. The van der Waals surface area contributed by atoms with Crippen LogP contribution >= 0.6 is 0 Å². The van der Waals surface area contributed by atoms with Gasteiger partial charge < -0.3 is 15.1 Å². The monoisotopic (exact) mass is 366 g/mol. The number of anilines is 2. The molecule has 1 aliphatic heterocycles. The highest BCUT2D eigenvalue weighted by molar-refractivity contribution is 6.03. The van der Waals surface area contributed by atoms with E-state index in [0.29, 0.717) is 5.82 Å². The van der Waals surface area contributed by atoms with Gasteiger partial charge in [-0.1, -0.05) is 12.1 Å². The molecule has 1 heterocycles. The first-order valence-electron chi connectivity index (χ1n) is 7.73. The molecule has 1 amide bonds. The molecule has 0 bridgehead atoms. The topological polar surface area (TPSA) is 76.4 Å². The van der Waals surface area contributed by atoms with Crippen molar-refractivity contribution in [1.82, 2.24) is 5.32 Å². The van der Waals surface area contributed by atoms with Gasteiger partial charge in [-0.2, -0.15) is 18.4 Å². The standard InChI is InChI=1S/C17H17F3N4O2/c1-23-12-5-3-4-6-13(12)24(2)16(23)11(9-21)14(25)7-8-15(26)22-10-17(18,19)20/h3-6H,7-8,10H2,1-2H3,(H,22,26). The molecular formula is C17H17F3N4O2. The van der Waals surface area contributed by atoms with Crippen LogP contribution in [0.15, 0.2) is 35.7 Å². The molecule has 0 atom stereocenters. The van der Waals surface area contributed by atoms with E-state index in [9.17, 15) is 28.0 Å². The summed E-state index contributed by atoms with van der Waals surface area (Å²) in [4.78, 5) is 27.2. The molecule has 26 heavy (non-hydrogen) atoms. The Hall–Kier alpha value is -3.02. The van der Waals surface area contributed by atoms with Crippen LogP contribution in [0.3, 0.4) is 0 Å². The number of alkyl halides is 3. The fourth-order valence-electron chi connectivity index (χ4n) is 2.70. The van der Waals surface area contributed by atoms with E-state index in [2.05, 4.69) is 0 Å². The molecule has 0 aliphatic carbocycles. The number of allylic oxidation sites excluding steroid dienone is 1. The lowest BCUT2D eigenvalue weighted by Crippen LogP contribution is -2.34. The Morgan fingerprint density at radius 2 is 1.65 bits per heavy atom. The number of nitrogens with one attached hydrogen (secondary N) is 1. The number of para-hydroxylation sites is 2. The highest BCUT2D eigenvalue weighted by Gasteiger charge is 2.31. The number of fused-ring (bicyclic) bond motifs is 1. The molecule has 1 aromatic carbocycles. The van der Waals surface area contributed by atoms with E-state index in [1.54, 1.807) is 29.2 Å². The van der Waals surface area contributed by atoms with Gasteiger partial charge in [0.1, 0.15) is 24.0 Å². The van der Waals surface area contributed by atoms with Crippen molar-refractivity contribution < 1.29 is 22.8 Å². The lowest BCUT2D eigenvalue weighted by molar-refractivity contribution is -0.138. The van der Waals surface area contributed by atoms with Crippen molar-refractivity contribution in [1.29, 1.82) is 5.26 Å². The minimum Gasteiger partial charge on any atom is -0.347 e. The van der Waals surface area contributed by atoms with Gasteiger partial charge in [-0.3, -0.25) is 9.59 Å². The van der Waals surface area contributed by atoms with Crippen molar-refractivity contribution >= 4 is 23.1 Å². The van der Waals surface area contributed by atoms with Crippen LogP contribution in [-0.4, -0.2) is 38.5 Å². The summed E-state index contributed by atoms with van der Waals surface area (Å²) in [7, 11) is 3.41. The van der Waals surface area contributed by atoms with Crippen LogP contribution in [-0.2, 0) is 9.59 Å². The molecule has 0 saturated carbocycles. The zero-order valence-corrected chi connectivity index (χ0v) is 14.2. The third-order valence-corrected chi connectivity index (χ3v) is 3.92. The van der Waals surface area contributed by atoms with E-state index in [0.717, 1.165) is 11.4 Å². The Morgan fingerprint density at radius 1 is 1.12 bits per heavy atom. The number of nitrogens with zero attached hydrogens (tertiary/aromatic N) is 3. The zero-order chi connectivity index (χ0) is 19.5. The Morgan fingerprint density at radius 3 is 2.12 bits per heavy atom. The predicted molar refractivity (Wildman–Crippen MR) is 89.2 cm³/mol. The second kappa shape index (κ2) is 7.47. The summed E-state index contributed by atoms with van der Waals surface area (Å²) in [5.74, 6) is -1.13. The van der Waals surface area contributed by atoms with Crippen LogP contribution in [0.2, 0.25) is 0 Å². The third kappa shape index (κ3) is 4.14. The Kier molecular flexibility index (Phi) is 5.55. The summed E-state index contributed by atoms with van der Waals surface area (Å²) in [6, 6.07) is 9.18. The number of benzene rings is 1. The number of carbonyl (C=O) groups is 2. The molecule has 0 aromatic heterocycles. The van der Waals surface area contributed by atoms with Gasteiger partial charge >= 0.3 is 6.18 Å². The quantitative estimate of drug-likeness (QED) is 0.639. The van der Waals surface area contributed by atoms with Gasteiger partial charge in [0.05, 0.1) is 11.4 Å². The summed E-state index contributed by atoms with van der Waals surface area (Å²) in [5, 5.41) is 11.1. The molecule has 1 aliphatic rings. The summed E-state index contributed by atoms with van der Waals surface area (Å²) < 4.78 is 36.2. The van der Waals surface area contributed by atoms with Gasteiger partial charge in [-0.05, 0) is 12.1 Å². The van der Waals surface area contributed by atoms with Gasteiger partial charge in [0.15, 0.2) is 5.78 Å². The number of Topliss-reactive ketones (excluding diaryl/α,β-unsaturated/α-hetero) is 1. The molecule has 0 radical (unpaired) electrons. The molecule has 1 N–H and O–H groups in total. The van der Waals surface area contributed by atoms with Gasteiger partial charge in [-0.15, -0.1) is 0 Å². The lowest BCUT2D eigenvalue weighted by Gasteiger charge is -2.19. The van der Waals surface area contributed by atoms with Crippen molar-refractivity contribution in [2.24, 2.45) is 0 Å². The summed E-state index contributed by atoms with van der Waals surface area (Å²) in [5.41, 5.74) is 1.48. The summed E-state index contributed by atoms with van der Waals surface area (Å²) in [6.45, 7) is -1.45. The number of hydrogen-bond donors (Lipinski definition) is 1. The van der Waals surface area contributed by atoms with Crippen molar-refractivity contribution in [2.75, 3.05) is 30.4 Å². The van der Waals surface area contributed by atoms with Gasteiger partial charge in [-0.25, -0.2) is 0 Å². The van der Waals surface area contributed by atoms with Crippen molar-refractivity contribution in [2.45, 2.75) is 19.0 Å². The number of halogens is 3. The highest BCUT2D eigenvalue weighted by atomic mass is 19.4. The van der Waals surface area contributed by atoms with Crippen LogP contribution in [0.5, 0.6) is 0 Å². The normalized spacial score (nSPS) is 13.3. The third-order valence-electron chi connectivity index (χ3n) is 3.92. The highest BCUT2D eigenvalue weighted by Crippen LogP contribution is 2.40. The number of rotatable bonds is 5. The van der Waals surface area contributed by atoms with Crippen LogP contribution in [0, 0.1) is 11.3 Å². The zero-order valence-electron chi connectivity index (χ0n) is 14.2. The van der Waals surface area contributed by atoms with Crippen LogP contribution in [0.25, 0.3) is 0 Å². The molecule has 9 heteroatoms. The van der Waals surface area contributed by atoms with Crippen LogP contribution < -0.4 is 15.1 Å². The first-order valence-corrected chi connectivity index (χ1v) is 7.73. The second-order valence-electron chi connectivity index (χ2n) is 5.73. The maximum absolute atomic E-state index is 12.4. The van der Waals surface area contributed by atoms with Gasteiger partial charge in [0, 0.05) is 26.9 Å². The number of nitriles is 1. The Labute approximate surface area is 148 Å². The number of hydrogen-bond acceptors (Lipinski definition) is 5. The van der Waals surface area contributed by atoms with Crippen molar-refractivity contribution in [3.63, 3.8) is 0 Å². The number of ketones is 1. The number of amides is 1. The van der Waals surface area contributed by atoms with E-state index in [4.69, 9.17) is 0 Å². The van der Waals surface area contributed by atoms with Crippen LogP contribution in [0.1, 0.15) is 12.8 Å². The first-order chi connectivity index (χ1) is 12.2. The minimum absolute atomic E-state index is 0.144. The maximum Gasteiger partial charge on any atom is 0.405 e. The van der Waals surface area contributed by atoms with E-state index in [1.807, 2.05) is 30.3 Å². The summed E-state index contributed by atoms with van der Waals surface area (Å²) in [6.07, 6.45) is -5.29. The molecular weight excluding hydrogens is 349 g/mol. The first kappa shape index (κ1) is 19.3. The van der Waals surface area contributed by atoms with Crippen molar-refractivity contribution in [3.05, 3.63) is 35.7 Å². The second-order valence-corrected chi connectivity index (χ2v) is 5.73. The molecule has 1 aromatic rings.